The molecule has 0 aliphatic heterocycles. The fourth-order valence-corrected chi connectivity index (χ4v) is 2.04. The van der Waals surface area contributed by atoms with Crippen LogP contribution in [0.3, 0.4) is 0 Å². The van der Waals surface area contributed by atoms with Crippen LogP contribution in [-0.2, 0) is 11.8 Å². The van der Waals surface area contributed by atoms with Gasteiger partial charge in [0.2, 0.25) is 0 Å². The summed E-state index contributed by atoms with van der Waals surface area (Å²) in [6.07, 6.45) is 2.33. The maximum absolute atomic E-state index is 12.0. The number of aryl methyl sites for hydroxylation is 1. The van der Waals surface area contributed by atoms with E-state index in [4.69, 9.17) is 5.11 Å². The second-order valence-corrected chi connectivity index (χ2v) is 5.05. The van der Waals surface area contributed by atoms with Gasteiger partial charge in [-0.3, -0.25) is 4.79 Å². The number of nitrogens with zero attached hydrogens (tertiary/aromatic N) is 1. The molecule has 1 heterocycles. The lowest BCUT2D eigenvalue weighted by Gasteiger charge is -2.14. The number of carboxylic acids is 1. The fraction of sp³-hybridized carbons (Fsp3) is 0.500. The standard InChI is InChI=1S/C12H18N2O3S/c1-8-4-5-10(14(8)2)11(15)13-9(12(16)17)6-7-18-3/h4-5,9H,6-7H2,1-3H3,(H,13,15)(H,16,17). The van der Waals surface area contributed by atoms with Crippen LogP contribution in [0.15, 0.2) is 12.1 Å². The molecule has 5 nitrogen and oxygen atoms in total. The van der Waals surface area contributed by atoms with Crippen LogP contribution < -0.4 is 5.32 Å². The average molecular weight is 270 g/mol. The van der Waals surface area contributed by atoms with Gasteiger partial charge in [-0.25, -0.2) is 4.79 Å². The lowest BCUT2D eigenvalue weighted by molar-refractivity contribution is -0.139. The van der Waals surface area contributed by atoms with Crippen molar-refractivity contribution in [2.45, 2.75) is 19.4 Å². The number of carboxylic acid groups (broad SMARTS) is 1. The largest absolute Gasteiger partial charge is 0.480 e. The Morgan fingerprint density at radius 2 is 2.17 bits per heavy atom. The summed E-state index contributed by atoms with van der Waals surface area (Å²) >= 11 is 1.56. The third kappa shape index (κ3) is 3.53. The number of aliphatic carboxylic acids is 1. The monoisotopic (exact) mass is 270 g/mol. The normalized spacial score (nSPS) is 12.2. The Kier molecular flexibility index (Phi) is 5.27. The van der Waals surface area contributed by atoms with Crippen LogP contribution >= 0.6 is 11.8 Å². The van der Waals surface area contributed by atoms with Crippen molar-refractivity contribution in [3.8, 4) is 0 Å². The molecule has 0 saturated carbocycles. The number of carbonyl (C=O) groups is 2. The van der Waals surface area contributed by atoms with Crippen molar-refractivity contribution in [2.24, 2.45) is 7.05 Å². The number of rotatable bonds is 6. The number of hydrogen-bond donors (Lipinski definition) is 2. The van der Waals surface area contributed by atoms with Crippen LogP contribution in [0.5, 0.6) is 0 Å². The Morgan fingerprint density at radius 3 is 2.61 bits per heavy atom. The van der Waals surface area contributed by atoms with E-state index in [-0.39, 0.29) is 5.91 Å². The first-order chi connectivity index (χ1) is 8.47. The van der Waals surface area contributed by atoms with E-state index in [1.54, 1.807) is 29.4 Å². The number of carbonyl (C=O) groups excluding carboxylic acids is 1. The summed E-state index contributed by atoms with van der Waals surface area (Å²) in [4.78, 5) is 23.0. The van der Waals surface area contributed by atoms with E-state index in [0.717, 1.165) is 5.69 Å². The van der Waals surface area contributed by atoms with Gasteiger partial charge >= 0.3 is 5.97 Å². The minimum absolute atomic E-state index is 0.348. The van der Waals surface area contributed by atoms with Crippen molar-refractivity contribution in [1.29, 1.82) is 0 Å². The maximum Gasteiger partial charge on any atom is 0.326 e. The SMILES string of the molecule is CSCCC(NC(=O)c1ccc(C)n1C)C(=O)O. The molecule has 0 aromatic carbocycles. The van der Waals surface area contributed by atoms with E-state index in [9.17, 15) is 9.59 Å². The summed E-state index contributed by atoms with van der Waals surface area (Å²) in [5.41, 5.74) is 1.43. The van der Waals surface area contributed by atoms with Gasteiger partial charge in [-0.15, -0.1) is 0 Å². The minimum Gasteiger partial charge on any atom is -0.480 e. The second-order valence-electron chi connectivity index (χ2n) is 4.06. The highest BCUT2D eigenvalue weighted by molar-refractivity contribution is 7.98. The van der Waals surface area contributed by atoms with Gasteiger partial charge in [0, 0.05) is 12.7 Å². The molecular formula is C12H18N2O3S. The number of nitrogens with one attached hydrogen (secondary N) is 1. The lowest BCUT2D eigenvalue weighted by Crippen LogP contribution is -2.41. The molecule has 6 heteroatoms. The van der Waals surface area contributed by atoms with E-state index in [2.05, 4.69) is 5.32 Å². The predicted molar refractivity (Wildman–Crippen MR) is 72.0 cm³/mol. The van der Waals surface area contributed by atoms with Crippen LogP contribution in [0, 0.1) is 6.92 Å². The number of amides is 1. The van der Waals surface area contributed by atoms with Crippen molar-refractivity contribution >= 4 is 23.6 Å². The molecule has 1 atom stereocenters. The Labute approximate surface area is 111 Å². The molecule has 18 heavy (non-hydrogen) atoms. The third-order valence-electron chi connectivity index (χ3n) is 2.82. The highest BCUT2D eigenvalue weighted by Crippen LogP contribution is 2.07. The zero-order chi connectivity index (χ0) is 13.7. The number of aromatic nitrogens is 1. The molecule has 0 spiro atoms. The zero-order valence-corrected chi connectivity index (χ0v) is 11.6. The molecule has 0 fully saturated rings. The number of hydrogen-bond acceptors (Lipinski definition) is 3. The van der Waals surface area contributed by atoms with E-state index in [1.807, 2.05) is 19.2 Å². The fourth-order valence-electron chi connectivity index (χ4n) is 1.57. The van der Waals surface area contributed by atoms with Gasteiger partial charge in [0.15, 0.2) is 0 Å². The zero-order valence-electron chi connectivity index (χ0n) is 10.8. The second kappa shape index (κ2) is 6.49. The molecule has 1 aromatic rings. The van der Waals surface area contributed by atoms with Crippen molar-refractivity contribution in [3.05, 3.63) is 23.5 Å². The van der Waals surface area contributed by atoms with Crippen molar-refractivity contribution in [2.75, 3.05) is 12.0 Å². The quantitative estimate of drug-likeness (QED) is 0.816. The smallest absolute Gasteiger partial charge is 0.326 e. The van der Waals surface area contributed by atoms with E-state index in [0.29, 0.717) is 17.9 Å². The first kappa shape index (κ1) is 14.6. The molecule has 0 radical (unpaired) electrons. The summed E-state index contributed by atoms with van der Waals surface area (Å²) in [5, 5.41) is 11.6. The van der Waals surface area contributed by atoms with Crippen molar-refractivity contribution in [3.63, 3.8) is 0 Å². The van der Waals surface area contributed by atoms with Crippen LogP contribution in [-0.4, -0.2) is 39.6 Å². The molecule has 0 bridgehead atoms. The van der Waals surface area contributed by atoms with Crippen LogP contribution in [0.1, 0.15) is 22.6 Å². The molecule has 0 aliphatic rings. The highest BCUT2D eigenvalue weighted by Gasteiger charge is 2.21. The van der Waals surface area contributed by atoms with Crippen LogP contribution in [0.25, 0.3) is 0 Å². The average Bonchev–Trinajstić information content (AvgIpc) is 2.65. The summed E-state index contributed by atoms with van der Waals surface area (Å²) in [6.45, 7) is 1.89. The Hall–Kier alpha value is -1.43. The van der Waals surface area contributed by atoms with Gasteiger partial charge < -0.3 is 15.0 Å². The topological polar surface area (TPSA) is 71.3 Å². The Bertz CT molecular complexity index is 443. The van der Waals surface area contributed by atoms with Gasteiger partial charge in [-0.1, -0.05) is 0 Å². The van der Waals surface area contributed by atoms with Crippen LogP contribution in [0.4, 0.5) is 0 Å². The van der Waals surface area contributed by atoms with Crippen LogP contribution in [0.2, 0.25) is 0 Å². The summed E-state index contributed by atoms with van der Waals surface area (Å²) < 4.78 is 1.74. The molecule has 1 rings (SSSR count). The minimum atomic E-state index is -0.997. The molecule has 2 N–H and O–H groups in total. The van der Waals surface area contributed by atoms with Gasteiger partial charge in [0.05, 0.1) is 0 Å². The molecule has 1 unspecified atom stereocenters. The van der Waals surface area contributed by atoms with Gasteiger partial charge in [-0.05, 0) is 37.5 Å². The molecule has 1 amide bonds. The van der Waals surface area contributed by atoms with Gasteiger partial charge in [0.25, 0.3) is 5.91 Å². The van der Waals surface area contributed by atoms with Gasteiger partial charge in [0.1, 0.15) is 11.7 Å². The van der Waals surface area contributed by atoms with E-state index >= 15 is 0 Å². The first-order valence-corrected chi connectivity index (χ1v) is 7.01. The van der Waals surface area contributed by atoms with E-state index < -0.39 is 12.0 Å². The van der Waals surface area contributed by atoms with Gasteiger partial charge in [-0.2, -0.15) is 11.8 Å². The highest BCUT2D eigenvalue weighted by atomic mass is 32.2. The van der Waals surface area contributed by atoms with E-state index in [1.165, 1.54) is 0 Å². The third-order valence-corrected chi connectivity index (χ3v) is 3.46. The lowest BCUT2D eigenvalue weighted by atomic mass is 10.2. The summed E-state index contributed by atoms with van der Waals surface area (Å²) in [5.74, 6) is -0.647. The summed E-state index contributed by atoms with van der Waals surface area (Å²) in [7, 11) is 1.78. The molecule has 1 aromatic heterocycles. The predicted octanol–water partition coefficient (Wildman–Crippen LogP) is 1.27. The first-order valence-electron chi connectivity index (χ1n) is 5.62. The molecule has 0 saturated heterocycles. The van der Waals surface area contributed by atoms with Crippen molar-refractivity contribution in [1.82, 2.24) is 9.88 Å². The molecular weight excluding hydrogens is 252 g/mol. The Morgan fingerprint density at radius 1 is 1.50 bits per heavy atom. The summed E-state index contributed by atoms with van der Waals surface area (Å²) in [6, 6.07) is 2.69. The Balaban J connectivity index is 2.72. The maximum atomic E-state index is 12.0. The van der Waals surface area contributed by atoms with Crippen molar-refractivity contribution < 1.29 is 14.7 Å². The molecule has 0 aliphatic carbocycles. The molecule has 100 valence electrons. The number of thioether (sulfide) groups is 1.